The maximum absolute atomic E-state index is 13.7. The number of β-amino-alcohol motifs (C(OH)–C–C–N with tert-alkyl or cyclic N) is 1. The molecule has 1 aromatic rings. The van der Waals surface area contributed by atoms with Gasteiger partial charge in [-0.25, -0.2) is 4.39 Å². The second-order valence-electron chi connectivity index (χ2n) is 6.08. The molecule has 0 aromatic heterocycles. The molecule has 2 rings (SSSR count). The van der Waals surface area contributed by atoms with Gasteiger partial charge < -0.3 is 15.3 Å². The van der Waals surface area contributed by atoms with Crippen molar-refractivity contribution in [3.63, 3.8) is 0 Å². The van der Waals surface area contributed by atoms with Crippen molar-refractivity contribution in [3.8, 4) is 0 Å². The van der Waals surface area contributed by atoms with Crippen molar-refractivity contribution in [2.75, 3.05) is 20.1 Å². The molecule has 1 saturated heterocycles. The monoisotopic (exact) mass is 322 g/mol. The molecule has 2 N–H and O–H groups in total. The Bertz CT molecular complexity index is 579. The molecule has 5 nitrogen and oxygen atoms in total. The van der Waals surface area contributed by atoms with Crippen LogP contribution in [-0.2, 0) is 16.0 Å². The standard InChI is InChI=1S/C17H23FN2O3/c1-19-15(21)7-9-17(23)8-4-10-20(12-17)16(22)11-13-5-2-3-6-14(13)18/h2-3,5-6,23H,4,7-12H2,1H3,(H,19,21)/t17-/m1/s1. The smallest absolute Gasteiger partial charge is 0.227 e. The molecule has 23 heavy (non-hydrogen) atoms. The fraction of sp³-hybridized carbons (Fsp3) is 0.529. The zero-order valence-corrected chi connectivity index (χ0v) is 13.3. The van der Waals surface area contributed by atoms with E-state index in [9.17, 15) is 19.1 Å². The molecule has 0 radical (unpaired) electrons. The summed E-state index contributed by atoms with van der Waals surface area (Å²) in [4.78, 5) is 25.3. The molecule has 0 aliphatic carbocycles. The van der Waals surface area contributed by atoms with Gasteiger partial charge in [0.25, 0.3) is 0 Å². The van der Waals surface area contributed by atoms with Gasteiger partial charge in [0, 0.05) is 26.6 Å². The van der Waals surface area contributed by atoms with Crippen molar-refractivity contribution in [3.05, 3.63) is 35.6 Å². The van der Waals surface area contributed by atoms with Gasteiger partial charge in [-0.15, -0.1) is 0 Å². The fourth-order valence-electron chi connectivity index (χ4n) is 2.92. The van der Waals surface area contributed by atoms with E-state index in [0.717, 1.165) is 0 Å². The highest BCUT2D eigenvalue weighted by Crippen LogP contribution is 2.26. The van der Waals surface area contributed by atoms with E-state index < -0.39 is 11.4 Å². The van der Waals surface area contributed by atoms with Gasteiger partial charge in [-0.05, 0) is 30.9 Å². The van der Waals surface area contributed by atoms with E-state index in [2.05, 4.69) is 5.32 Å². The van der Waals surface area contributed by atoms with Gasteiger partial charge in [0.05, 0.1) is 12.0 Å². The minimum atomic E-state index is -1.05. The first-order valence-corrected chi connectivity index (χ1v) is 7.88. The second-order valence-corrected chi connectivity index (χ2v) is 6.08. The normalized spacial score (nSPS) is 21.1. The van der Waals surface area contributed by atoms with E-state index >= 15 is 0 Å². The molecule has 1 atom stereocenters. The van der Waals surface area contributed by atoms with E-state index in [4.69, 9.17) is 0 Å². The molecule has 2 amide bonds. The SMILES string of the molecule is CNC(=O)CC[C@]1(O)CCCN(C(=O)Cc2ccccc2F)C1. The van der Waals surface area contributed by atoms with Crippen LogP contribution in [0.3, 0.4) is 0 Å². The average molecular weight is 322 g/mol. The highest BCUT2D eigenvalue weighted by atomic mass is 19.1. The molecule has 126 valence electrons. The van der Waals surface area contributed by atoms with Crippen LogP contribution in [0.1, 0.15) is 31.2 Å². The van der Waals surface area contributed by atoms with Gasteiger partial charge in [-0.2, -0.15) is 0 Å². The molecule has 0 bridgehead atoms. The molecule has 1 aliphatic heterocycles. The van der Waals surface area contributed by atoms with Crippen molar-refractivity contribution >= 4 is 11.8 Å². The number of amides is 2. The van der Waals surface area contributed by atoms with Crippen LogP contribution in [-0.4, -0.2) is 47.6 Å². The predicted molar refractivity (Wildman–Crippen MR) is 84.2 cm³/mol. The Morgan fingerprint density at radius 2 is 2.13 bits per heavy atom. The molecule has 1 aromatic carbocycles. The lowest BCUT2D eigenvalue weighted by atomic mass is 9.88. The number of likely N-dealkylation sites (tertiary alicyclic amines) is 1. The number of carbonyl (C=O) groups is 2. The topological polar surface area (TPSA) is 69.6 Å². The Hall–Kier alpha value is -1.95. The van der Waals surface area contributed by atoms with Crippen molar-refractivity contribution in [1.29, 1.82) is 0 Å². The van der Waals surface area contributed by atoms with E-state index in [1.54, 1.807) is 30.1 Å². The first-order valence-electron chi connectivity index (χ1n) is 7.88. The minimum Gasteiger partial charge on any atom is -0.388 e. The Morgan fingerprint density at radius 3 is 2.83 bits per heavy atom. The van der Waals surface area contributed by atoms with Crippen molar-refractivity contribution in [2.45, 2.75) is 37.7 Å². The number of hydrogen-bond donors (Lipinski definition) is 2. The number of nitrogens with one attached hydrogen (secondary N) is 1. The summed E-state index contributed by atoms with van der Waals surface area (Å²) in [5, 5.41) is 13.1. The Labute approximate surface area is 135 Å². The number of piperidine rings is 1. The highest BCUT2D eigenvalue weighted by molar-refractivity contribution is 5.79. The van der Waals surface area contributed by atoms with Crippen LogP contribution < -0.4 is 5.32 Å². The maximum Gasteiger partial charge on any atom is 0.227 e. The lowest BCUT2D eigenvalue weighted by Crippen LogP contribution is -2.51. The van der Waals surface area contributed by atoms with Crippen LogP contribution in [0.2, 0.25) is 0 Å². The quantitative estimate of drug-likeness (QED) is 0.857. The first kappa shape index (κ1) is 17.4. The fourth-order valence-corrected chi connectivity index (χ4v) is 2.92. The number of benzene rings is 1. The second kappa shape index (κ2) is 7.55. The number of carbonyl (C=O) groups excluding carboxylic acids is 2. The van der Waals surface area contributed by atoms with E-state index in [1.807, 2.05) is 0 Å². The third kappa shape index (κ3) is 4.76. The van der Waals surface area contributed by atoms with Gasteiger partial charge in [0.2, 0.25) is 11.8 Å². The molecule has 1 heterocycles. The van der Waals surface area contributed by atoms with Gasteiger partial charge >= 0.3 is 0 Å². The number of rotatable bonds is 5. The Morgan fingerprint density at radius 1 is 1.39 bits per heavy atom. The molecule has 1 fully saturated rings. The Kier molecular flexibility index (Phi) is 5.71. The summed E-state index contributed by atoms with van der Waals surface area (Å²) in [7, 11) is 1.55. The molecule has 0 spiro atoms. The number of aliphatic hydroxyl groups is 1. The molecule has 6 heteroatoms. The molecule has 0 saturated carbocycles. The summed E-state index contributed by atoms with van der Waals surface area (Å²) in [6.07, 6.45) is 1.76. The van der Waals surface area contributed by atoms with Crippen LogP contribution in [0.25, 0.3) is 0 Å². The van der Waals surface area contributed by atoms with Crippen LogP contribution in [0.5, 0.6) is 0 Å². The minimum absolute atomic E-state index is 0.0157. The number of nitrogens with zero attached hydrogens (tertiary/aromatic N) is 1. The summed E-state index contributed by atoms with van der Waals surface area (Å²) in [6, 6.07) is 6.21. The van der Waals surface area contributed by atoms with E-state index in [1.165, 1.54) is 6.07 Å². The summed E-state index contributed by atoms with van der Waals surface area (Å²) < 4.78 is 13.7. The molecule has 1 aliphatic rings. The zero-order chi connectivity index (χ0) is 16.9. The largest absolute Gasteiger partial charge is 0.388 e. The maximum atomic E-state index is 13.7. The third-order valence-corrected chi connectivity index (χ3v) is 4.30. The molecular formula is C17H23FN2O3. The highest BCUT2D eigenvalue weighted by Gasteiger charge is 2.35. The predicted octanol–water partition coefficient (Wildman–Crippen LogP) is 1.25. The van der Waals surface area contributed by atoms with Crippen LogP contribution in [0, 0.1) is 5.82 Å². The Balaban J connectivity index is 1.96. The average Bonchev–Trinajstić information content (AvgIpc) is 2.55. The van der Waals surface area contributed by atoms with Gasteiger partial charge in [0.15, 0.2) is 0 Å². The summed E-state index contributed by atoms with van der Waals surface area (Å²) in [6.45, 7) is 0.743. The van der Waals surface area contributed by atoms with Gasteiger partial charge in [-0.3, -0.25) is 9.59 Å². The van der Waals surface area contributed by atoms with Gasteiger partial charge in [-0.1, -0.05) is 18.2 Å². The van der Waals surface area contributed by atoms with Gasteiger partial charge in [0.1, 0.15) is 5.82 Å². The first-order chi connectivity index (χ1) is 10.9. The number of hydrogen-bond acceptors (Lipinski definition) is 3. The van der Waals surface area contributed by atoms with Crippen LogP contribution >= 0.6 is 0 Å². The molecule has 0 unspecified atom stereocenters. The molecular weight excluding hydrogens is 299 g/mol. The summed E-state index contributed by atoms with van der Waals surface area (Å²) in [5.41, 5.74) is -0.688. The van der Waals surface area contributed by atoms with Crippen LogP contribution in [0.15, 0.2) is 24.3 Å². The summed E-state index contributed by atoms with van der Waals surface area (Å²) in [5.74, 6) is -0.728. The van der Waals surface area contributed by atoms with Crippen molar-refractivity contribution in [1.82, 2.24) is 10.2 Å². The lowest BCUT2D eigenvalue weighted by molar-refractivity contribution is -0.138. The van der Waals surface area contributed by atoms with E-state index in [0.29, 0.717) is 31.4 Å². The zero-order valence-electron chi connectivity index (χ0n) is 13.3. The lowest BCUT2D eigenvalue weighted by Gasteiger charge is -2.39. The van der Waals surface area contributed by atoms with Crippen molar-refractivity contribution < 1.29 is 19.1 Å². The third-order valence-electron chi connectivity index (χ3n) is 4.30. The van der Waals surface area contributed by atoms with Crippen molar-refractivity contribution in [2.24, 2.45) is 0 Å². The van der Waals surface area contributed by atoms with Crippen LogP contribution in [0.4, 0.5) is 4.39 Å². The number of halogens is 1. The van der Waals surface area contributed by atoms with E-state index in [-0.39, 0.29) is 31.2 Å². The summed E-state index contributed by atoms with van der Waals surface area (Å²) >= 11 is 0.